The molecule has 0 saturated carbocycles. The molecular formula is C20H25NO3. The van der Waals surface area contributed by atoms with Crippen molar-refractivity contribution in [2.45, 2.75) is 52.6 Å². The van der Waals surface area contributed by atoms with Crippen LogP contribution in [-0.4, -0.2) is 23.0 Å². The van der Waals surface area contributed by atoms with Gasteiger partial charge in [-0.3, -0.25) is 0 Å². The second-order valence-electron chi connectivity index (χ2n) is 6.29. The molecule has 24 heavy (non-hydrogen) atoms. The maximum absolute atomic E-state index is 12.6. The van der Waals surface area contributed by atoms with E-state index in [-0.39, 0.29) is 12.1 Å². The number of hydrogen-bond donors (Lipinski definition) is 1. The first-order valence-corrected chi connectivity index (χ1v) is 8.35. The Morgan fingerprint density at radius 3 is 2.67 bits per heavy atom. The minimum absolute atomic E-state index is 0.174. The van der Waals surface area contributed by atoms with Crippen molar-refractivity contribution in [1.29, 1.82) is 0 Å². The number of aryl methyl sites for hydroxylation is 2. The third kappa shape index (κ3) is 4.82. The number of carbonyl (C=O) groups excluding carboxylic acids is 1. The van der Waals surface area contributed by atoms with Crippen LogP contribution in [0.4, 0.5) is 0 Å². The minimum Gasteiger partial charge on any atom is -0.459 e. The van der Waals surface area contributed by atoms with Gasteiger partial charge in [0.25, 0.3) is 0 Å². The predicted octanol–water partition coefficient (Wildman–Crippen LogP) is 4.52. The van der Waals surface area contributed by atoms with Gasteiger partial charge >= 0.3 is 5.97 Å². The van der Waals surface area contributed by atoms with Crippen molar-refractivity contribution in [2.24, 2.45) is 5.16 Å². The van der Waals surface area contributed by atoms with E-state index in [4.69, 9.17) is 4.74 Å². The summed E-state index contributed by atoms with van der Waals surface area (Å²) >= 11 is 0. The van der Waals surface area contributed by atoms with Gasteiger partial charge in [-0.15, -0.1) is 0 Å². The van der Waals surface area contributed by atoms with Crippen molar-refractivity contribution in [2.75, 3.05) is 0 Å². The number of allylic oxidation sites excluding steroid dienone is 3. The second kappa shape index (κ2) is 8.48. The highest BCUT2D eigenvalue weighted by Crippen LogP contribution is 2.21. The van der Waals surface area contributed by atoms with Crippen LogP contribution in [0, 0.1) is 13.8 Å². The molecule has 4 heteroatoms. The number of carbonyl (C=O) groups is 1. The number of rotatable bonds is 0. The van der Waals surface area contributed by atoms with Gasteiger partial charge in [0.2, 0.25) is 0 Å². The van der Waals surface area contributed by atoms with Crippen LogP contribution in [0.2, 0.25) is 0 Å². The highest BCUT2D eigenvalue weighted by atomic mass is 16.5. The maximum Gasteiger partial charge on any atom is 0.338 e. The fourth-order valence-corrected chi connectivity index (χ4v) is 2.92. The first kappa shape index (κ1) is 18.0. The first-order chi connectivity index (χ1) is 11.5. The standard InChI is InChI=1S/C20H25NO3/c1-14-11-15(2)19-17(12-14)13-18(21-23)10-8-6-4-5-7-9-16(3)24-20(19)22/h5,7-8,10-12,16,23H,4,6,9,13H2,1-3H3/b7-5+,10-8+,21-18?. The zero-order valence-corrected chi connectivity index (χ0v) is 14.6. The molecule has 128 valence electrons. The van der Waals surface area contributed by atoms with Crippen LogP contribution < -0.4 is 0 Å². The van der Waals surface area contributed by atoms with Crippen molar-refractivity contribution < 1.29 is 14.7 Å². The average Bonchev–Trinajstić information content (AvgIpc) is 2.51. The van der Waals surface area contributed by atoms with Crippen molar-refractivity contribution in [3.8, 4) is 0 Å². The van der Waals surface area contributed by atoms with Crippen LogP contribution in [0.5, 0.6) is 0 Å². The molecule has 0 amide bonds. The zero-order chi connectivity index (χ0) is 17.5. The van der Waals surface area contributed by atoms with Crippen molar-refractivity contribution in [3.63, 3.8) is 0 Å². The number of fused-ring (bicyclic) bond motifs is 1. The SMILES string of the molecule is Cc1cc(C)c2c(c1)CC(=NO)/C=C/CC/C=C/CC(C)OC2=O. The van der Waals surface area contributed by atoms with Gasteiger partial charge in [0.1, 0.15) is 6.10 Å². The summed E-state index contributed by atoms with van der Waals surface area (Å²) in [5.74, 6) is -0.318. The van der Waals surface area contributed by atoms with Gasteiger partial charge in [0.15, 0.2) is 0 Å². The molecule has 1 N–H and O–H groups in total. The van der Waals surface area contributed by atoms with E-state index in [0.29, 0.717) is 24.1 Å². The van der Waals surface area contributed by atoms with Crippen molar-refractivity contribution in [3.05, 3.63) is 58.7 Å². The van der Waals surface area contributed by atoms with Crippen molar-refractivity contribution in [1.82, 2.24) is 0 Å². The van der Waals surface area contributed by atoms with Gasteiger partial charge in [0.05, 0.1) is 11.3 Å². The quantitative estimate of drug-likeness (QED) is 0.330. The molecule has 2 rings (SSSR count). The van der Waals surface area contributed by atoms with E-state index in [1.54, 1.807) is 0 Å². The van der Waals surface area contributed by atoms with Crippen LogP contribution in [0.25, 0.3) is 0 Å². The molecular weight excluding hydrogens is 302 g/mol. The number of nitrogens with zero attached hydrogens (tertiary/aromatic N) is 1. The van der Waals surface area contributed by atoms with E-state index >= 15 is 0 Å². The lowest BCUT2D eigenvalue weighted by Crippen LogP contribution is -2.18. The van der Waals surface area contributed by atoms with E-state index in [0.717, 1.165) is 29.5 Å². The smallest absolute Gasteiger partial charge is 0.338 e. The molecule has 1 unspecified atom stereocenters. The molecule has 1 heterocycles. The molecule has 1 aliphatic heterocycles. The highest BCUT2D eigenvalue weighted by molar-refractivity contribution is 5.99. The van der Waals surface area contributed by atoms with E-state index in [9.17, 15) is 10.0 Å². The normalized spacial score (nSPS) is 23.9. The summed E-state index contributed by atoms with van der Waals surface area (Å²) in [5.41, 5.74) is 3.88. The third-order valence-electron chi connectivity index (χ3n) is 4.02. The van der Waals surface area contributed by atoms with E-state index in [1.165, 1.54) is 0 Å². The Bertz CT molecular complexity index is 686. The molecule has 1 aromatic carbocycles. The zero-order valence-electron chi connectivity index (χ0n) is 14.6. The molecule has 0 aromatic heterocycles. The summed E-state index contributed by atoms with van der Waals surface area (Å²) in [7, 11) is 0. The Morgan fingerprint density at radius 2 is 1.92 bits per heavy atom. The fourth-order valence-electron chi connectivity index (χ4n) is 2.92. The molecule has 0 radical (unpaired) electrons. The molecule has 0 fully saturated rings. The summed E-state index contributed by atoms with van der Waals surface area (Å²) < 4.78 is 5.60. The van der Waals surface area contributed by atoms with Gasteiger partial charge in [-0.25, -0.2) is 4.79 Å². The van der Waals surface area contributed by atoms with Gasteiger partial charge in [-0.2, -0.15) is 0 Å². The Balaban J connectivity index is 2.45. The minimum atomic E-state index is -0.318. The molecule has 0 saturated heterocycles. The van der Waals surface area contributed by atoms with Crippen molar-refractivity contribution >= 4 is 11.7 Å². The Kier molecular flexibility index (Phi) is 6.36. The molecule has 4 nitrogen and oxygen atoms in total. The van der Waals surface area contributed by atoms with E-state index < -0.39 is 0 Å². The Morgan fingerprint density at radius 1 is 1.17 bits per heavy atom. The number of ether oxygens (including phenoxy) is 1. The number of benzene rings is 1. The van der Waals surface area contributed by atoms with Gasteiger partial charge < -0.3 is 9.94 Å². The predicted molar refractivity (Wildman–Crippen MR) is 95.9 cm³/mol. The summed E-state index contributed by atoms with van der Waals surface area (Å²) in [6, 6.07) is 3.93. The number of esters is 1. The second-order valence-corrected chi connectivity index (χ2v) is 6.29. The summed E-state index contributed by atoms with van der Waals surface area (Å²) in [4.78, 5) is 12.6. The number of cyclic esters (lactones) is 1. The first-order valence-electron chi connectivity index (χ1n) is 8.35. The summed E-state index contributed by atoms with van der Waals surface area (Å²) in [6.07, 6.45) is 10.6. The molecule has 1 aliphatic rings. The lowest BCUT2D eigenvalue weighted by Gasteiger charge is -2.16. The van der Waals surface area contributed by atoms with Crippen LogP contribution in [-0.2, 0) is 11.2 Å². The fraction of sp³-hybridized carbons (Fsp3) is 0.400. The van der Waals surface area contributed by atoms with Gasteiger partial charge in [-0.05, 0) is 50.8 Å². The molecule has 0 bridgehead atoms. The third-order valence-corrected chi connectivity index (χ3v) is 4.02. The van der Waals surface area contributed by atoms with Gasteiger partial charge in [-0.1, -0.05) is 41.1 Å². The molecule has 0 aliphatic carbocycles. The number of oxime groups is 1. The highest BCUT2D eigenvalue weighted by Gasteiger charge is 2.19. The number of hydrogen-bond acceptors (Lipinski definition) is 4. The van der Waals surface area contributed by atoms with Crippen LogP contribution in [0.3, 0.4) is 0 Å². The Labute approximate surface area is 143 Å². The van der Waals surface area contributed by atoms with Gasteiger partial charge in [0, 0.05) is 12.8 Å². The Hall–Kier alpha value is -2.36. The maximum atomic E-state index is 12.6. The van der Waals surface area contributed by atoms with E-state index in [1.807, 2.05) is 51.1 Å². The lowest BCUT2D eigenvalue weighted by atomic mass is 9.95. The molecule has 1 atom stereocenters. The van der Waals surface area contributed by atoms with Crippen LogP contribution >= 0.6 is 0 Å². The average molecular weight is 327 g/mol. The van der Waals surface area contributed by atoms with Crippen LogP contribution in [0.15, 0.2) is 41.6 Å². The van der Waals surface area contributed by atoms with E-state index in [2.05, 4.69) is 11.2 Å². The summed E-state index contributed by atoms with van der Waals surface area (Å²) in [6.45, 7) is 5.80. The molecule has 0 spiro atoms. The monoisotopic (exact) mass is 327 g/mol. The lowest BCUT2D eigenvalue weighted by molar-refractivity contribution is 0.0346. The topological polar surface area (TPSA) is 58.9 Å². The molecule has 1 aromatic rings. The largest absolute Gasteiger partial charge is 0.459 e. The summed E-state index contributed by atoms with van der Waals surface area (Å²) in [5, 5.41) is 12.7. The van der Waals surface area contributed by atoms with Crippen LogP contribution in [0.1, 0.15) is 53.2 Å².